The van der Waals surface area contributed by atoms with E-state index in [2.05, 4.69) is 30.1 Å². The number of nitriles is 1. The van der Waals surface area contributed by atoms with Gasteiger partial charge in [0.2, 0.25) is 5.89 Å². The van der Waals surface area contributed by atoms with Gasteiger partial charge in [0.1, 0.15) is 0 Å². The molecule has 1 aliphatic carbocycles. The first kappa shape index (κ1) is 9.20. The van der Waals surface area contributed by atoms with Crippen molar-refractivity contribution < 1.29 is 4.52 Å². The van der Waals surface area contributed by atoms with Crippen LogP contribution in [0.2, 0.25) is 0 Å². The van der Waals surface area contributed by atoms with Crippen LogP contribution in [0, 0.1) is 17.2 Å². The lowest BCUT2D eigenvalue weighted by Crippen LogP contribution is -1.94. The van der Waals surface area contributed by atoms with Crippen LogP contribution in [0.1, 0.15) is 50.2 Å². The van der Waals surface area contributed by atoms with Crippen molar-refractivity contribution in [2.24, 2.45) is 5.92 Å². The van der Waals surface area contributed by atoms with Crippen LogP contribution in [0.4, 0.5) is 0 Å². The molecular formula is C10H13N3O. The van der Waals surface area contributed by atoms with Gasteiger partial charge in [0, 0.05) is 5.92 Å². The van der Waals surface area contributed by atoms with E-state index in [1.807, 2.05) is 0 Å². The van der Waals surface area contributed by atoms with Crippen molar-refractivity contribution in [3.63, 3.8) is 0 Å². The summed E-state index contributed by atoms with van der Waals surface area (Å²) in [6, 6.07) is 2.21. The Morgan fingerprint density at radius 1 is 1.71 bits per heavy atom. The summed E-state index contributed by atoms with van der Waals surface area (Å²) in [7, 11) is 0. The summed E-state index contributed by atoms with van der Waals surface area (Å²) >= 11 is 0. The molecule has 0 amide bonds. The van der Waals surface area contributed by atoms with Gasteiger partial charge in [-0.05, 0) is 12.8 Å². The number of hydrogen-bond donors (Lipinski definition) is 0. The zero-order chi connectivity index (χ0) is 10.1. The van der Waals surface area contributed by atoms with Gasteiger partial charge in [-0.1, -0.05) is 19.0 Å². The highest BCUT2D eigenvalue weighted by Gasteiger charge is 2.43. The number of rotatable bonds is 3. The summed E-state index contributed by atoms with van der Waals surface area (Å²) in [6.45, 7) is 4.17. The second-order valence-electron chi connectivity index (χ2n) is 3.88. The normalized spacial score (nSPS) is 26.9. The lowest BCUT2D eigenvalue weighted by atomic mass is 10.1. The van der Waals surface area contributed by atoms with E-state index in [0.29, 0.717) is 11.8 Å². The number of aromatic nitrogens is 2. The van der Waals surface area contributed by atoms with Gasteiger partial charge in [-0.2, -0.15) is 10.2 Å². The summed E-state index contributed by atoms with van der Waals surface area (Å²) < 4.78 is 5.13. The Morgan fingerprint density at radius 3 is 3.07 bits per heavy atom. The van der Waals surface area contributed by atoms with E-state index in [0.717, 1.165) is 18.7 Å². The molecule has 1 aliphatic rings. The second kappa shape index (κ2) is 3.41. The van der Waals surface area contributed by atoms with Gasteiger partial charge in [0.05, 0.1) is 17.9 Å². The average molecular weight is 191 g/mol. The molecule has 0 aliphatic heterocycles. The minimum Gasteiger partial charge on any atom is -0.339 e. The predicted molar refractivity (Wildman–Crippen MR) is 49.5 cm³/mol. The largest absolute Gasteiger partial charge is 0.339 e. The number of nitrogens with zero attached hydrogens (tertiary/aromatic N) is 3. The monoisotopic (exact) mass is 191 g/mol. The molecule has 1 aromatic rings. The molecule has 4 nitrogen and oxygen atoms in total. The molecule has 0 spiro atoms. The smallest absolute Gasteiger partial charge is 0.231 e. The molecule has 2 rings (SSSR count). The zero-order valence-corrected chi connectivity index (χ0v) is 8.40. The van der Waals surface area contributed by atoms with Gasteiger partial charge in [-0.3, -0.25) is 0 Å². The Kier molecular flexibility index (Phi) is 2.24. The van der Waals surface area contributed by atoms with E-state index in [9.17, 15) is 0 Å². The Morgan fingerprint density at radius 2 is 2.50 bits per heavy atom. The first-order chi connectivity index (χ1) is 6.76. The summed E-state index contributed by atoms with van der Waals surface area (Å²) in [4.78, 5) is 4.31. The summed E-state index contributed by atoms with van der Waals surface area (Å²) in [5, 5.41) is 12.6. The van der Waals surface area contributed by atoms with Gasteiger partial charge in [-0.15, -0.1) is 0 Å². The molecule has 0 bridgehead atoms. The van der Waals surface area contributed by atoms with E-state index in [-0.39, 0.29) is 11.8 Å². The quantitative estimate of drug-likeness (QED) is 0.734. The molecule has 0 saturated heterocycles. The SMILES string of the molecule is CCC(C)c1noc(C2CC2C#N)n1. The molecule has 0 aromatic carbocycles. The third-order valence-electron chi connectivity index (χ3n) is 2.78. The maximum absolute atomic E-state index is 8.66. The van der Waals surface area contributed by atoms with Crippen LogP contribution >= 0.6 is 0 Å². The minimum absolute atomic E-state index is 0.0974. The van der Waals surface area contributed by atoms with Gasteiger partial charge in [-0.25, -0.2) is 0 Å². The lowest BCUT2D eigenvalue weighted by Gasteiger charge is -1.98. The number of hydrogen-bond acceptors (Lipinski definition) is 4. The van der Waals surface area contributed by atoms with Gasteiger partial charge >= 0.3 is 0 Å². The van der Waals surface area contributed by atoms with Crippen molar-refractivity contribution in [3.8, 4) is 6.07 Å². The van der Waals surface area contributed by atoms with Crippen molar-refractivity contribution in [1.82, 2.24) is 10.1 Å². The van der Waals surface area contributed by atoms with Crippen LogP contribution in [0.25, 0.3) is 0 Å². The van der Waals surface area contributed by atoms with Gasteiger partial charge < -0.3 is 4.52 Å². The Balaban J connectivity index is 2.08. The second-order valence-corrected chi connectivity index (χ2v) is 3.88. The molecule has 0 N–H and O–H groups in total. The van der Waals surface area contributed by atoms with Gasteiger partial charge in [0.15, 0.2) is 5.82 Å². The Bertz CT molecular complexity index is 366. The fourth-order valence-corrected chi connectivity index (χ4v) is 1.39. The topological polar surface area (TPSA) is 62.7 Å². The molecule has 1 aromatic heterocycles. The van der Waals surface area contributed by atoms with Crippen molar-refractivity contribution in [2.45, 2.75) is 38.5 Å². The molecule has 3 unspecified atom stereocenters. The average Bonchev–Trinajstić information content (AvgIpc) is 2.85. The molecule has 4 heteroatoms. The van der Waals surface area contributed by atoms with E-state index in [1.165, 1.54) is 0 Å². The Hall–Kier alpha value is -1.37. The summed E-state index contributed by atoms with van der Waals surface area (Å²) in [5.74, 6) is 2.05. The van der Waals surface area contributed by atoms with Crippen LogP contribution in [0.3, 0.4) is 0 Å². The highest BCUT2D eigenvalue weighted by molar-refractivity contribution is 5.15. The zero-order valence-electron chi connectivity index (χ0n) is 8.40. The predicted octanol–water partition coefficient (Wildman–Crippen LogP) is 2.21. The molecule has 74 valence electrons. The van der Waals surface area contributed by atoms with Crippen LogP contribution in [0.15, 0.2) is 4.52 Å². The van der Waals surface area contributed by atoms with E-state index in [4.69, 9.17) is 9.78 Å². The third kappa shape index (κ3) is 1.50. The standard InChI is InChI=1S/C10H13N3O/c1-3-6(2)9-12-10(14-13-9)8-4-7(8)5-11/h6-8H,3-4H2,1-2H3. The molecule has 0 radical (unpaired) electrons. The van der Waals surface area contributed by atoms with Crippen molar-refractivity contribution in [1.29, 1.82) is 5.26 Å². The maximum atomic E-state index is 8.66. The fraction of sp³-hybridized carbons (Fsp3) is 0.700. The van der Waals surface area contributed by atoms with E-state index >= 15 is 0 Å². The van der Waals surface area contributed by atoms with Crippen molar-refractivity contribution >= 4 is 0 Å². The van der Waals surface area contributed by atoms with Crippen molar-refractivity contribution in [2.75, 3.05) is 0 Å². The molecule has 14 heavy (non-hydrogen) atoms. The molecular weight excluding hydrogens is 178 g/mol. The highest BCUT2D eigenvalue weighted by atomic mass is 16.5. The summed E-state index contributed by atoms with van der Waals surface area (Å²) in [5.41, 5.74) is 0. The first-order valence-electron chi connectivity index (χ1n) is 4.99. The minimum atomic E-state index is 0.0974. The fourth-order valence-electron chi connectivity index (χ4n) is 1.39. The van der Waals surface area contributed by atoms with Crippen LogP contribution in [0.5, 0.6) is 0 Å². The molecule has 1 fully saturated rings. The van der Waals surface area contributed by atoms with Crippen LogP contribution < -0.4 is 0 Å². The highest BCUT2D eigenvalue weighted by Crippen LogP contribution is 2.46. The Labute approximate surface area is 82.9 Å². The van der Waals surface area contributed by atoms with Crippen LogP contribution in [-0.2, 0) is 0 Å². The van der Waals surface area contributed by atoms with Crippen LogP contribution in [-0.4, -0.2) is 10.1 Å². The third-order valence-corrected chi connectivity index (χ3v) is 2.78. The maximum Gasteiger partial charge on any atom is 0.231 e. The lowest BCUT2D eigenvalue weighted by molar-refractivity contribution is 0.369. The molecule has 1 heterocycles. The van der Waals surface area contributed by atoms with Gasteiger partial charge in [0.25, 0.3) is 0 Å². The van der Waals surface area contributed by atoms with E-state index in [1.54, 1.807) is 0 Å². The molecule has 3 atom stereocenters. The molecule has 1 saturated carbocycles. The summed E-state index contributed by atoms with van der Waals surface area (Å²) in [6.07, 6.45) is 1.88. The van der Waals surface area contributed by atoms with Crippen molar-refractivity contribution in [3.05, 3.63) is 11.7 Å². The first-order valence-corrected chi connectivity index (χ1v) is 4.99. The van der Waals surface area contributed by atoms with E-state index < -0.39 is 0 Å².